The second kappa shape index (κ2) is 8.99. The van der Waals surface area contributed by atoms with E-state index in [9.17, 15) is 4.79 Å². The minimum atomic E-state index is 0.142. The number of piperazine rings is 1. The molecule has 180 valence electrons. The maximum absolute atomic E-state index is 13.1. The predicted octanol–water partition coefficient (Wildman–Crippen LogP) is 5.21. The van der Waals surface area contributed by atoms with Crippen LogP contribution in [-0.4, -0.2) is 56.1 Å². The van der Waals surface area contributed by atoms with Crippen LogP contribution < -0.4 is 4.90 Å². The molecule has 3 aromatic rings. The Hall–Kier alpha value is -2.41. The van der Waals surface area contributed by atoms with Crippen molar-refractivity contribution in [3.05, 3.63) is 29.0 Å². The van der Waals surface area contributed by atoms with Crippen molar-refractivity contribution in [1.82, 2.24) is 24.5 Å². The molecule has 1 amide bonds. The number of halogens is 1. The zero-order valence-electron chi connectivity index (χ0n) is 19.9. The number of anilines is 1. The van der Waals surface area contributed by atoms with E-state index in [4.69, 9.17) is 21.7 Å². The van der Waals surface area contributed by atoms with Crippen molar-refractivity contribution in [3.63, 3.8) is 0 Å². The number of hydrogen-bond donors (Lipinski definition) is 0. The summed E-state index contributed by atoms with van der Waals surface area (Å²) in [6.07, 6.45) is 10.5. The van der Waals surface area contributed by atoms with E-state index in [-0.39, 0.29) is 12.0 Å². The smallest absolute Gasteiger partial charge is 0.226 e. The fourth-order valence-corrected chi connectivity index (χ4v) is 6.49. The monoisotopic (exact) mass is 480 g/mol. The van der Waals surface area contributed by atoms with Gasteiger partial charge >= 0.3 is 0 Å². The highest BCUT2D eigenvalue weighted by Gasteiger charge is 2.35. The van der Waals surface area contributed by atoms with E-state index in [1.54, 1.807) is 0 Å². The van der Waals surface area contributed by atoms with Gasteiger partial charge in [-0.2, -0.15) is 0 Å². The van der Waals surface area contributed by atoms with Gasteiger partial charge in [0.25, 0.3) is 0 Å². The third kappa shape index (κ3) is 3.82. The van der Waals surface area contributed by atoms with Crippen LogP contribution in [0.1, 0.15) is 76.5 Å². The van der Waals surface area contributed by atoms with E-state index in [1.165, 1.54) is 32.1 Å². The Bertz CT molecular complexity index is 1210. The van der Waals surface area contributed by atoms with E-state index >= 15 is 0 Å². The van der Waals surface area contributed by atoms with E-state index in [1.807, 2.05) is 18.2 Å². The molecule has 1 atom stereocenters. The Labute approximate surface area is 205 Å². The molecule has 3 aliphatic rings. The van der Waals surface area contributed by atoms with Crippen LogP contribution in [0.5, 0.6) is 0 Å². The molecule has 3 fully saturated rings. The van der Waals surface area contributed by atoms with Crippen molar-refractivity contribution in [2.45, 2.75) is 76.7 Å². The van der Waals surface area contributed by atoms with Gasteiger partial charge in [-0.3, -0.25) is 4.79 Å². The molecule has 6 rings (SSSR count). The highest BCUT2D eigenvalue weighted by molar-refractivity contribution is 6.31. The van der Waals surface area contributed by atoms with E-state index < -0.39 is 0 Å². The number of fused-ring (bicyclic) bond motifs is 3. The number of nitrogens with zero attached hydrogens (tertiary/aromatic N) is 6. The summed E-state index contributed by atoms with van der Waals surface area (Å²) < 4.78 is 2.20. The van der Waals surface area contributed by atoms with Crippen molar-refractivity contribution in [2.24, 2.45) is 5.92 Å². The van der Waals surface area contributed by atoms with Gasteiger partial charge in [-0.25, -0.2) is 9.38 Å². The molecule has 7 nitrogen and oxygen atoms in total. The Morgan fingerprint density at radius 2 is 1.76 bits per heavy atom. The first kappa shape index (κ1) is 22.1. The van der Waals surface area contributed by atoms with Crippen LogP contribution in [0.25, 0.3) is 16.6 Å². The summed E-state index contributed by atoms with van der Waals surface area (Å²) >= 11 is 6.33. The van der Waals surface area contributed by atoms with Crippen LogP contribution in [0.3, 0.4) is 0 Å². The molecule has 0 spiro atoms. The fraction of sp³-hybridized carbons (Fsp3) is 0.615. The number of benzene rings is 1. The van der Waals surface area contributed by atoms with Crippen LogP contribution in [0.2, 0.25) is 5.02 Å². The first-order chi connectivity index (χ1) is 16.6. The van der Waals surface area contributed by atoms with Crippen molar-refractivity contribution in [3.8, 4) is 0 Å². The van der Waals surface area contributed by atoms with Crippen LogP contribution in [-0.2, 0) is 4.79 Å². The Morgan fingerprint density at radius 1 is 1.00 bits per heavy atom. The lowest BCUT2D eigenvalue weighted by Gasteiger charge is -2.41. The summed E-state index contributed by atoms with van der Waals surface area (Å²) in [4.78, 5) is 22.7. The average Bonchev–Trinajstić information content (AvgIpc) is 3.54. The first-order valence-corrected chi connectivity index (χ1v) is 13.4. The summed E-state index contributed by atoms with van der Waals surface area (Å²) in [5, 5.41) is 11.0. The quantitative estimate of drug-likeness (QED) is 0.515. The minimum absolute atomic E-state index is 0.142. The zero-order chi connectivity index (χ0) is 23.2. The van der Waals surface area contributed by atoms with Gasteiger partial charge in [-0.1, -0.05) is 43.7 Å². The third-order valence-corrected chi connectivity index (χ3v) is 8.41. The average molecular weight is 481 g/mol. The summed E-state index contributed by atoms with van der Waals surface area (Å²) in [6.45, 7) is 4.42. The molecule has 1 saturated heterocycles. The van der Waals surface area contributed by atoms with Crippen molar-refractivity contribution < 1.29 is 4.79 Å². The Balaban J connectivity index is 1.39. The summed E-state index contributed by atoms with van der Waals surface area (Å²) in [7, 11) is 0. The first-order valence-electron chi connectivity index (χ1n) is 13.0. The largest absolute Gasteiger partial charge is 0.338 e. The van der Waals surface area contributed by atoms with Gasteiger partial charge in [0.05, 0.1) is 5.52 Å². The summed E-state index contributed by atoms with van der Waals surface area (Å²) in [5.41, 5.74) is 1.70. The molecule has 0 radical (unpaired) electrons. The molecule has 2 aliphatic carbocycles. The van der Waals surface area contributed by atoms with Gasteiger partial charge in [0.15, 0.2) is 5.65 Å². The van der Waals surface area contributed by atoms with Crippen molar-refractivity contribution in [1.29, 1.82) is 0 Å². The number of amides is 1. The van der Waals surface area contributed by atoms with Gasteiger partial charge in [0.2, 0.25) is 11.9 Å². The molecule has 0 unspecified atom stereocenters. The van der Waals surface area contributed by atoms with Crippen LogP contribution in [0.4, 0.5) is 5.95 Å². The van der Waals surface area contributed by atoms with Crippen molar-refractivity contribution >= 4 is 40.0 Å². The van der Waals surface area contributed by atoms with Crippen molar-refractivity contribution in [2.75, 3.05) is 24.5 Å². The second-order valence-corrected chi connectivity index (χ2v) is 10.9. The molecule has 0 N–H and O–H groups in total. The molecule has 0 bridgehead atoms. The zero-order valence-corrected chi connectivity index (χ0v) is 20.7. The molecule has 8 heteroatoms. The number of carbonyl (C=O) groups is 1. The maximum Gasteiger partial charge on any atom is 0.226 e. The molecular formula is C26H33ClN6O. The Kier molecular flexibility index (Phi) is 5.84. The lowest BCUT2D eigenvalue weighted by molar-refractivity contribution is -0.137. The molecule has 1 aromatic carbocycles. The number of aromatic nitrogens is 4. The lowest BCUT2D eigenvalue weighted by Crippen LogP contribution is -2.55. The SMILES string of the molecule is C[C@H]1CN(c2nc3cc(Cl)ccc3c3nnc(C4CCCCC4)n23)CCN1C(=O)C1CCCC1. The van der Waals surface area contributed by atoms with Gasteiger partial charge in [-0.15, -0.1) is 10.2 Å². The molecule has 3 heterocycles. The third-order valence-electron chi connectivity index (χ3n) is 8.18. The lowest BCUT2D eigenvalue weighted by atomic mass is 9.89. The molecule has 2 saturated carbocycles. The van der Waals surface area contributed by atoms with E-state index in [0.29, 0.717) is 16.8 Å². The summed E-state index contributed by atoms with van der Waals surface area (Å²) in [5.74, 6) is 2.90. The molecule has 34 heavy (non-hydrogen) atoms. The number of rotatable bonds is 3. The second-order valence-electron chi connectivity index (χ2n) is 10.4. The highest BCUT2D eigenvalue weighted by atomic mass is 35.5. The van der Waals surface area contributed by atoms with Gasteiger partial charge in [0.1, 0.15) is 5.82 Å². The highest BCUT2D eigenvalue weighted by Crippen LogP contribution is 2.36. The van der Waals surface area contributed by atoms with E-state index in [0.717, 1.165) is 73.6 Å². The number of carbonyl (C=O) groups excluding carboxylic acids is 1. The molecule has 2 aromatic heterocycles. The van der Waals surface area contributed by atoms with Gasteiger partial charge in [-0.05, 0) is 50.8 Å². The number of hydrogen-bond acceptors (Lipinski definition) is 5. The Morgan fingerprint density at radius 3 is 2.53 bits per heavy atom. The van der Waals surface area contributed by atoms with E-state index in [2.05, 4.69) is 26.2 Å². The summed E-state index contributed by atoms with van der Waals surface area (Å²) in [6, 6.07) is 5.96. The van der Waals surface area contributed by atoms with Crippen LogP contribution in [0, 0.1) is 5.92 Å². The minimum Gasteiger partial charge on any atom is -0.338 e. The molecular weight excluding hydrogens is 448 g/mol. The normalized spacial score (nSPS) is 22.8. The van der Waals surface area contributed by atoms with Gasteiger partial charge < -0.3 is 9.80 Å². The van der Waals surface area contributed by atoms with Crippen LogP contribution >= 0.6 is 11.6 Å². The van der Waals surface area contributed by atoms with Gasteiger partial charge in [0, 0.05) is 47.9 Å². The maximum atomic E-state index is 13.1. The van der Waals surface area contributed by atoms with Crippen LogP contribution in [0.15, 0.2) is 18.2 Å². The molecule has 1 aliphatic heterocycles. The fourth-order valence-electron chi connectivity index (χ4n) is 6.32. The topological polar surface area (TPSA) is 66.6 Å². The predicted molar refractivity (Wildman–Crippen MR) is 134 cm³/mol. The standard InChI is InChI=1S/C26H33ClN6O/c1-17-16-31(13-14-32(17)25(34)19-9-5-6-10-19)26-28-22-15-20(27)11-12-21(22)24-30-29-23(33(24)26)18-7-3-2-4-8-18/h11-12,15,17-19H,2-10,13-14,16H2,1H3/t17-/m0/s1.